The third kappa shape index (κ3) is 4.29. The lowest BCUT2D eigenvalue weighted by Gasteiger charge is -2.33. The maximum absolute atomic E-state index is 12.2. The Morgan fingerprint density at radius 1 is 1.00 bits per heavy atom. The van der Waals surface area contributed by atoms with Crippen molar-refractivity contribution < 1.29 is 13.2 Å². The van der Waals surface area contributed by atoms with Gasteiger partial charge in [-0.2, -0.15) is 0 Å². The first-order chi connectivity index (χ1) is 12.0. The molecule has 4 nitrogen and oxygen atoms in total. The fraction of sp³-hybridized carbons (Fsp3) is 0.400. The summed E-state index contributed by atoms with van der Waals surface area (Å²) in [4.78, 5) is 0. The first kappa shape index (κ1) is 18.1. The van der Waals surface area contributed by atoms with Crippen LogP contribution in [0.25, 0.3) is 11.1 Å². The van der Waals surface area contributed by atoms with Gasteiger partial charge in [0.15, 0.2) is 0 Å². The number of sulfonamides is 1. The molecule has 0 radical (unpaired) electrons. The van der Waals surface area contributed by atoms with Crippen LogP contribution in [0.15, 0.2) is 54.6 Å². The van der Waals surface area contributed by atoms with Gasteiger partial charge >= 0.3 is 0 Å². The number of nitrogens with one attached hydrogen (secondary N) is 1. The Labute approximate surface area is 150 Å². The molecule has 1 aliphatic heterocycles. The molecule has 1 fully saturated rings. The van der Waals surface area contributed by atoms with E-state index in [1.807, 2.05) is 18.2 Å². The molecule has 2 atom stereocenters. The van der Waals surface area contributed by atoms with Crippen molar-refractivity contribution in [3.8, 4) is 11.1 Å². The molecule has 0 aliphatic carbocycles. The van der Waals surface area contributed by atoms with Gasteiger partial charge in [0.25, 0.3) is 0 Å². The molecule has 1 aliphatic rings. The summed E-state index contributed by atoms with van der Waals surface area (Å²) in [6.07, 6.45) is 0.815. The highest BCUT2D eigenvalue weighted by atomic mass is 32.2. The van der Waals surface area contributed by atoms with Crippen LogP contribution in [0.4, 0.5) is 0 Å². The largest absolute Gasteiger partial charge is 0.380 e. The Hall–Kier alpha value is -1.69. The highest BCUT2D eigenvalue weighted by Gasteiger charge is 2.31. The van der Waals surface area contributed by atoms with Crippen LogP contribution >= 0.6 is 0 Å². The molecule has 0 aromatic heterocycles. The first-order valence-electron chi connectivity index (χ1n) is 8.71. The second-order valence-corrected chi connectivity index (χ2v) is 9.04. The summed E-state index contributed by atoms with van der Waals surface area (Å²) in [7, 11) is -3.32. The van der Waals surface area contributed by atoms with Crippen molar-refractivity contribution in [2.75, 3.05) is 13.2 Å². The molecule has 0 bridgehead atoms. The summed E-state index contributed by atoms with van der Waals surface area (Å²) in [5.74, 6) is 0.132. The Kier molecular flexibility index (Phi) is 5.57. The van der Waals surface area contributed by atoms with Gasteiger partial charge in [-0.3, -0.25) is 0 Å². The average molecular weight is 359 g/mol. The van der Waals surface area contributed by atoms with Crippen LogP contribution < -0.4 is 4.72 Å². The molecule has 2 aromatic carbocycles. The molecule has 0 spiro atoms. The zero-order valence-corrected chi connectivity index (χ0v) is 15.5. The van der Waals surface area contributed by atoms with Gasteiger partial charge < -0.3 is 4.74 Å². The summed E-state index contributed by atoms with van der Waals surface area (Å²) < 4.78 is 32.9. The van der Waals surface area contributed by atoms with Gasteiger partial charge in [-0.15, -0.1) is 0 Å². The fourth-order valence-corrected chi connectivity index (χ4v) is 4.08. The van der Waals surface area contributed by atoms with Gasteiger partial charge in [0, 0.05) is 12.5 Å². The molecule has 1 N–H and O–H groups in total. The smallest absolute Gasteiger partial charge is 0.214 e. The number of rotatable bonds is 5. The lowest BCUT2D eigenvalue weighted by Crippen LogP contribution is -2.47. The van der Waals surface area contributed by atoms with Crippen molar-refractivity contribution in [2.45, 2.75) is 37.5 Å². The highest BCUT2D eigenvalue weighted by Crippen LogP contribution is 2.30. The third-order valence-electron chi connectivity index (χ3n) is 4.74. The molecular formula is C20H25NO3S. The van der Waals surface area contributed by atoms with E-state index in [2.05, 4.69) is 41.1 Å². The van der Waals surface area contributed by atoms with Crippen LogP contribution in [0.3, 0.4) is 0 Å². The lowest BCUT2D eigenvalue weighted by molar-refractivity contribution is 0.0644. The van der Waals surface area contributed by atoms with E-state index < -0.39 is 15.3 Å². The fourth-order valence-electron chi connectivity index (χ4n) is 3.15. The van der Waals surface area contributed by atoms with E-state index >= 15 is 0 Å². The second-order valence-electron chi connectivity index (χ2n) is 6.78. The van der Waals surface area contributed by atoms with Gasteiger partial charge in [0.05, 0.1) is 17.9 Å². The van der Waals surface area contributed by atoms with E-state index in [0.29, 0.717) is 13.2 Å². The van der Waals surface area contributed by atoms with Crippen molar-refractivity contribution in [3.05, 3.63) is 60.2 Å². The molecule has 134 valence electrons. The topological polar surface area (TPSA) is 55.4 Å². The Balaban J connectivity index is 1.81. The lowest BCUT2D eigenvalue weighted by atomic mass is 9.87. The number of benzene rings is 2. The van der Waals surface area contributed by atoms with E-state index in [4.69, 9.17) is 4.74 Å². The summed E-state index contributed by atoms with van der Waals surface area (Å²) in [5.41, 5.74) is 3.49. The number of hydrogen-bond donors (Lipinski definition) is 1. The maximum atomic E-state index is 12.2. The van der Waals surface area contributed by atoms with Crippen LogP contribution in [-0.4, -0.2) is 32.9 Å². The maximum Gasteiger partial charge on any atom is 0.214 e. The Bertz CT molecular complexity index is 785. The molecule has 1 saturated heterocycles. The van der Waals surface area contributed by atoms with Crippen LogP contribution in [-0.2, 0) is 14.8 Å². The van der Waals surface area contributed by atoms with Crippen molar-refractivity contribution in [2.24, 2.45) is 0 Å². The molecule has 0 amide bonds. The predicted octanol–water partition coefficient (Wildman–Crippen LogP) is 3.55. The van der Waals surface area contributed by atoms with Crippen LogP contribution in [0, 0.1) is 0 Å². The first-order valence-corrected chi connectivity index (χ1v) is 10.3. The van der Waals surface area contributed by atoms with Gasteiger partial charge in [-0.1, -0.05) is 54.6 Å². The predicted molar refractivity (Wildman–Crippen MR) is 101 cm³/mol. The van der Waals surface area contributed by atoms with Crippen LogP contribution in [0.1, 0.15) is 31.7 Å². The monoisotopic (exact) mass is 359 g/mol. The summed E-state index contributed by atoms with van der Waals surface area (Å²) in [6, 6.07) is 18.4. The molecule has 1 heterocycles. The minimum atomic E-state index is -3.32. The molecule has 2 aromatic rings. The van der Waals surface area contributed by atoms with Gasteiger partial charge in [0.2, 0.25) is 10.0 Å². The molecular weight excluding hydrogens is 334 g/mol. The molecule has 2 unspecified atom stereocenters. The second kappa shape index (κ2) is 7.68. The summed E-state index contributed by atoms with van der Waals surface area (Å²) in [5, 5.41) is -0.449. The Morgan fingerprint density at radius 3 is 2.28 bits per heavy atom. The normalized spacial score (nSPS) is 21.4. The molecule has 5 heteroatoms. The SMILES string of the molecule is CC(C)S(=O)(=O)NC1COCCC1c1ccc(-c2ccccc2)cc1. The van der Waals surface area contributed by atoms with Gasteiger partial charge in [-0.05, 0) is 37.0 Å². The van der Waals surface area contributed by atoms with Crippen molar-refractivity contribution in [3.63, 3.8) is 0 Å². The molecule has 3 rings (SSSR count). The highest BCUT2D eigenvalue weighted by molar-refractivity contribution is 7.90. The van der Waals surface area contributed by atoms with E-state index in [1.165, 1.54) is 5.56 Å². The third-order valence-corrected chi connectivity index (χ3v) is 6.61. The van der Waals surface area contributed by atoms with Crippen molar-refractivity contribution in [1.82, 2.24) is 4.72 Å². The number of hydrogen-bond acceptors (Lipinski definition) is 3. The number of ether oxygens (including phenoxy) is 1. The standard InChI is InChI=1S/C20H25NO3S/c1-15(2)25(22,23)21-20-14-24-13-12-19(20)18-10-8-17(9-11-18)16-6-4-3-5-7-16/h3-11,15,19-21H,12-14H2,1-2H3. The van der Waals surface area contributed by atoms with Crippen LogP contribution in [0.5, 0.6) is 0 Å². The van der Waals surface area contributed by atoms with E-state index in [1.54, 1.807) is 13.8 Å². The summed E-state index contributed by atoms with van der Waals surface area (Å²) >= 11 is 0. The quantitative estimate of drug-likeness (QED) is 0.888. The van der Waals surface area contributed by atoms with Crippen molar-refractivity contribution >= 4 is 10.0 Å². The molecule has 25 heavy (non-hydrogen) atoms. The zero-order valence-electron chi connectivity index (χ0n) is 14.7. The average Bonchev–Trinajstić information content (AvgIpc) is 2.63. The van der Waals surface area contributed by atoms with E-state index in [0.717, 1.165) is 17.5 Å². The Morgan fingerprint density at radius 2 is 1.64 bits per heavy atom. The van der Waals surface area contributed by atoms with Crippen molar-refractivity contribution in [1.29, 1.82) is 0 Å². The van der Waals surface area contributed by atoms with Gasteiger partial charge in [-0.25, -0.2) is 13.1 Å². The summed E-state index contributed by atoms with van der Waals surface area (Å²) in [6.45, 7) is 4.45. The molecule has 0 saturated carbocycles. The van der Waals surface area contributed by atoms with Gasteiger partial charge in [0.1, 0.15) is 0 Å². The minimum Gasteiger partial charge on any atom is -0.380 e. The van der Waals surface area contributed by atoms with Crippen LogP contribution in [0.2, 0.25) is 0 Å². The van der Waals surface area contributed by atoms with E-state index in [-0.39, 0.29) is 12.0 Å². The minimum absolute atomic E-state index is 0.132. The zero-order chi connectivity index (χ0) is 17.9. The van der Waals surface area contributed by atoms with E-state index in [9.17, 15) is 8.42 Å².